The first-order valence-electron chi connectivity index (χ1n) is 6.57. The molecule has 0 aromatic carbocycles. The van der Waals surface area contributed by atoms with E-state index in [1.807, 2.05) is 29.8 Å². The molecule has 0 aliphatic carbocycles. The van der Waals surface area contributed by atoms with Gasteiger partial charge in [-0.2, -0.15) is 0 Å². The molecule has 3 aromatic rings. The van der Waals surface area contributed by atoms with Gasteiger partial charge in [-0.1, -0.05) is 17.4 Å². The van der Waals surface area contributed by atoms with Gasteiger partial charge in [-0.3, -0.25) is 9.59 Å². The van der Waals surface area contributed by atoms with Crippen LogP contribution in [-0.2, 0) is 11.3 Å². The molecule has 0 saturated heterocycles. The van der Waals surface area contributed by atoms with Crippen LogP contribution in [0.2, 0.25) is 0 Å². The third kappa shape index (κ3) is 3.34. The van der Waals surface area contributed by atoms with Crippen molar-refractivity contribution in [3.63, 3.8) is 0 Å². The Morgan fingerprint density at radius 3 is 2.86 bits per heavy atom. The highest BCUT2D eigenvalue weighted by atomic mass is 32.1. The van der Waals surface area contributed by atoms with E-state index in [4.69, 9.17) is 0 Å². The van der Waals surface area contributed by atoms with Crippen LogP contribution in [0.15, 0.2) is 33.1 Å². The zero-order valence-corrected chi connectivity index (χ0v) is 14.2. The van der Waals surface area contributed by atoms with E-state index in [0.717, 1.165) is 27.6 Å². The van der Waals surface area contributed by atoms with Crippen LogP contribution in [0.5, 0.6) is 0 Å². The van der Waals surface area contributed by atoms with E-state index in [1.54, 1.807) is 21.3 Å². The minimum absolute atomic E-state index is 0.0282. The molecule has 114 valence electrons. The Kier molecular flexibility index (Phi) is 4.51. The second-order valence-corrected chi connectivity index (χ2v) is 7.23. The number of aromatic nitrogens is 2. The Morgan fingerprint density at radius 1 is 1.32 bits per heavy atom. The van der Waals surface area contributed by atoms with E-state index in [2.05, 4.69) is 10.3 Å². The largest absolute Gasteiger partial charge is 0.307 e. The second kappa shape index (κ2) is 6.55. The normalized spacial score (nSPS) is 10.8. The Labute approximate surface area is 138 Å². The average Bonchev–Trinajstić information content (AvgIpc) is 3.20. The number of rotatable bonds is 5. The van der Waals surface area contributed by atoms with Gasteiger partial charge >= 0.3 is 4.87 Å². The van der Waals surface area contributed by atoms with Gasteiger partial charge in [-0.15, -0.1) is 22.7 Å². The van der Waals surface area contributed by atoms with Crippen LogP contribution >= 0.6 is 34.0 Å². The lowest BCUT2D eigenvalue weighted by atomic mass is 10.4. The van der Waals surface area contributed by atoms with Gasteiger partial charge in [0.1, 0.15) is 0 Å². The SMILES string of the molecule is Cc1csc(=O)n1CCC(=O)Nc1nc(-c2cccs2)cs1. The number of aryl methyl sites for hydroxylation is 1. The van der Waals surface area contributed by atoms with Crippen LogP contribution in [-0.4, -0.2) is 15.5 Å². The van der Waals surface area contributed by atoms with Crippen LogP contribution in [0.1, 0.15) is 12.1 Å². The van der Waals surface area contributed by atoms with Crippen molar-refractivity contribution in [3.8, 4) is 10.6 Å². The summed E-state index contributed by atoms with van der Waals surface area (Å²) in [5.74, 6) is -0.135. The molecule has 0 radical (unpaired) electrons. The van der Waals surface area contributed by atoms with Crippen molar-refractivity contribution in [2.24, 2.45) is 0 Å². The molecule has 0 spiro atoms. The highest BCUT2D eigenvalue weighted by Gasteiger charge is 2.10. The van der Waals surface area contributed by atoms with Gasteiger partial charge in [0.2, 0.25) is 5.91 Å². The quantitative estimate of drug-likeness (QED) is 0.766. The summed E-state index contributed by atoms with van der Waals surface area (Å²) in [6, 6.07) is 3.97. The van der Waals surface area contributed by atoms with Gasteiger partial charge in [0.05, 0.1) is 10.6 Å². The van der Waals surface area contributed by atoms with Gasteiger partial charge in [0.15, 0.2) is 5.13 Å². The first-order chi connectivity index (χ1) is 10.6. The molecule has 1 N–H and O–H groups in total. The topological polar surface area (TPSA) is 64.0 Å². The molecule has 1 amide bonds. The van der Waals surface area contributed by atoms with E-state index in [0.29, 0.717) is 11.7 Å². The molecule has 3 rings (SSSR count). The van der Waals surface area contributed by atoms with Crippen molar-refractivity contribution in [1.82, 2.24) is 9.55 Å². The molecule has 0 unspecified atom stereocenters. The number of carbonyl (C=O) groups is 1. The van der Waals surface area contributed by atoms with Crippen molar-refractivity contribution in [2.75, 3.05) is 5.32 Å². The third-order valence-corrected chi connectivity index (χ3v) is 5.59. The highest BCUT2D eigenvalue weighted by Crippen LogP contribution is 2.28. The van der Waals surface area contributed by atoms with Gasteiger partial charge in [0, 0.05) is 29.4 Å². The summed E-state index contributed by atoms with van der Waals surface area (Å²) < 4.78 is 1.61. The Balaban J connectivity index is 1.59. The van der Waals surface area contributed by atoms with Crippen molar-refractivity contribution >= 4 is 45.0 Å². The smallest absolute Gasteiger partial charge is 0.303 e. The lowest BCUT2D eigenvalue weighted by molar-refractivity contribution is -0.116. The lowest BCUT2D eigenvalue weighted by Crippen LogP contribution is -2.20. The molecule has 3 aromatic heterocycles. The summed E-state index contributed by atoms with van der Waals surface area (Å²) in [6.45, 7) is 2.26. The lowest BCUT2D eigenvalue weighted by Gasteiger charge is -2.04. The number of thiophene rings is 1. The number of amides is 1. The fourth-order valence-electron chi connectivity index (χ4n) is 1.94. The van der Waals surface area contributed by atoms with Gasteiger partial charge in [-0.25, -0.2) is 4.98 Å². The Morgan fingerprint density at radius 2 is 2.18 bits per heavy atom. The summed E-state index contributed by atoms with van der Waals surface area (Å²) in [5.41, 5.74) is 1.76. The summed E-state index contributed by atoms with van der Waals surface area (Å²) in [7, 11) is 0. The molecule has 0 fully saturated rings. The van der Waals surface area contributed by atoms with E-state index < -0.39 is 0 Å². The Bertz CT molecular complexity index is 830. The first kappa shape index (κ1) is 15.1. The number of thiazole rings is 2. The molecule has 0 bridgehead atoms. The van der Waals surface area contributed by atoms with Gasteiger partial charge in [-0.05, 0) is 18.4 Å². The molecule has 0 aliphatic heterocycles. The van der Waals surface area contributed by atoms with Crippen LogP contribution in [0.25, 0.3) is 10.6 Å². The van der Waals surface area contributed by atoms with E-state index >= 15 is 0 Å². The average molecular weight is 351 g/mol. The summed E-state index contributed by atoms with van der Waals surface area (Å²) in [4.78, 5) is 29.0. The first-order valence-corrected chi connectivity index (χ1v) is 9.21. The number of hydrogen-bond donors (Lipinski definition) is 1. The number of carbonyl (C=O) groups excluding carboxylic acids is 1. The number of anilines is 1. The van der Waals surface area contributed by atoms with Crippen LogP contribution in [0.4, 0.5) is 5.13 Å². The van der Waals surface area contributed by atoms with Crippen LogP contribution < -0.4 is 10.2 Å². The van der Waals surface area contributed by atoms with Gasteiger partial charge in [0.25, 0.3) is 0 Å². The fraction of sp³-hybridized carbons (Fsp3) is 0.214. The monoisotopic (exact) mass is 351 g/mol. The van der Waals surface area contributed by atoms with Crippen LogP contribution in [0.3, 0.4) is 0 Å². The van der Waals surface area contributed by atoms with E-state index in [1.165, 1.54) is 11.3 Å². The predicted octanol–water partition coefficient (Wildman–Crippen LogP) is 3.43. The summed E-state index contributed by atoms with van der Waals surface area (Å²) >= 11 is 4.17. The molecular formula is C14H13N3O2S3. The molecule has 5 nitrogen and oxygen atoms in total. The Hall–Kier alpha value is -1.77. The molecule has 22 heavy (non-hydrogen) atoms. The molecule has 0 atom stereocenters. The van der Waals surface area contributed by atoms with Crippen LogP contribution in [0, 0.1) is 6.92 Å². The summed E-state index contributed by atoms with van der Waals surface area (Å²) in [6.07, 6.45) is 0.255. The standard InChI is InChI=1S/C14H13N3O2S3/c1-9-7-22-14(19)17(9)5-4-12(18)16-13-15-10(8-21-13)11-3-2-6-20-11/h2-3,6-8H,4-5H2,1H3,(H,15,16,18). The minimum atomic E-state index is -0.135. The van der Waals surface area contributed by atoms with Gasteiger partial charge < -0.3 is 9.88 Å². The third-order valence-electron chi connectivity index (χ3n) is 3.06. The molecule has 3 heterocycles. The van der Waals surface area contributed by atoms with Crippen molar-refractivity contribution in [3.05, 3.63) is 43.6 Å². The van der Waals surface area contributed by atoms with E-state index in [9.17, 15) is 9.59 Å². The maximum absolute atomic E-state index is 12.0. The predicted molar refractivity (Wildman–Crippen MR) is 92.0 cm³/mol. The fourth-order valence-corrected chi connectivity index (χ4v) is 4.19. The minimum Gasteiger partial charge on any atom is -0.303 e. The maximum atomic E-state index is 12.0. The zero-order chi connectivity index (χ0) is 15.5. The molecule has 0 aliphatic rings. The van der Waals surface area contributed by atoms with E-state index in [-0.39, 0.29) is 17.2 Å². The number of nitrogens with one attached hydrogen (secondary N) is 1. The number of nitrogens with zero attached hydrogens (tertiary/aromatic N) is 2. The highest BCUT2D eigenvalue weighted by molar-refractivity contribution is 7.16. The second-order valence-electron chi connectivity index (χ2n) is 4.61. The number of hydrogen-bond acceptors (Lipinski definition) is 6. The maximum Gasteiger partial charge on any atom is 0.307 e. The summed E-state index contributed by atoms with van der Waals surface area (Å²) in [5, 5.41) is 9.09. The van der Waals surface area contributed by atoms with Crippen molar-refractivity contribution < 1.29 is 4.79 Å². The van der Waals surface area contributed by atoms with Crippen molar-refractivity contribution in [2.45, 2.75) is 19.9 Å². The van der Waals surface area contributed by atoms with Crippen molar-refractivity contribution in [1.29, 1.82) is 0 Å². The zero-order valence-electron chi connectivity index (χ0n) is 11.7. The molecular weight excluding hydrogens is 338 g/mol. The molecule has 0 saturated carbocycles. The molecule has 8 heteroatoms.